The second-order valence-electron chi connectivity index (χ2n) is 5.19. The molecule has 2 unspecified atom stereocenters. The average Bonchev–Trinajstić information content (AvgIpc) is 2.39. The van der Waals surface area contributed by atoms with Crippen LogP contribution >= 0.6 is 0 Å². The van der Waals surface area contributed by atoms with E-state index in [0.29, 0.717) is 19.3 Å². The second kappa shape index (κ2) is 5.93. The summed E-state index contributed by atoms with van der Waals surface area (Å²) in [6.07, 6.45) is 1.54. The van der Waals surface area contributed by atoms with Crippen molar-refractivity contribution in [3.8, 4) is 0 Å². The van der Waals surface area contributed by atoms with Crippen LogP contribution in [0.4, 0.5) is 0 Å². The fourth-order valence-corrected chi connectivity index (χ4v) is 3.51. The van der Waals surface area contributed by atoms with Gasteiger partial charge < -0.3 is 5.11 Å². The van der Waals surface area contributed by atoms with Crippen molar-refractivity contribution in [3.05, 3.63) is 29.8 Å². The lowest BCUT2D eigenvalue weighted by molar-refractivity contribution is -0.143. The van der Waals surface area contributed by atoms with Crippen LogP contribution in [0.1, 0.15) is 31.2 Å². The first kappa shape index (κ1) is 15.0. The van der Waals surface area contributed by atoms with Gasteiger partial charge in [0.1, 0.15) is 0 Å². The highest BCUT2D eigenvalue weighted by Crippen LogP contribution is 2.29. The molecular formula is C14H18O5S. The molecule has 1 saturated carbocycles. The lowest BCUT2D eigenvalue weighted by atomic mass is 9.87. The molecule has 0 heterocycles. The summed E-state index contributed by atoms with van der Waals surface area (Å²) in [5, 5.41) is 9.00. The van der Waals surface area contributed by atoms with Crippen LogP contribution in [-0.4, -0.2) is 25.6 Å². The summed E-state index contributed by atoms with van der Waals surface area (Å²) in [4.78, 5) is 11.1. The highest BCUT2D eigenvalue weighted by atomic mass is 32.2. The maximum absolute atomic E-state index is 12.1. The molecule has 0 spiro atoms. The molecule has 1 N–H and O–H groups in total. The Morgan fingerprint density at radius 2 is 1.90 bits per heavy atom. The summed E-state index contributed by atoms with van der Waals surface area (Å²) in [6, 6.07) is 6.42. The zero-order valence-corrected chi connectivity index (χ0v) is 12.1. The number of benzene rings is 1. The molecule has 110 valence electrons. The van der Waals surface area contributed by atoms with Gasteiger partial charge in [0, 0.05) is 0 Å². The van der Waals surface area contributed by atoms with Crippen molar-refractivity contribution in [2.24, 2.45) is 5.92 Å². The highest BCUT2D eigenvalue weighted by molar-refractivity contribution is 7.86. The largest absolute Gasteiger partial charge is 0.481 e. The van der Waals surface area contributed by atoms with Crippen molar-refractivity contribution in [1.82, 2.24) is 0 Å². The first-order valence-electron chi connectivity index (χ1n) is 6.61. The van der Waals surface area contributed by atoms with Crippen molar-refractivity contribution >= 4 is 16.1 Å². The van der Waals surface area contributed by atoms with Crippen LogP contribution in [0.5, 0.6) is 0 Å². The van der Waals surface area contributed by atoms with Crippen LogP contribution in [0.2, 0.25) is 0 Å². The van der Waals surface area contributed by atoms with Crippen LogP contribution < -0.4 is 0 Å². The number of hydrogen-bond acceptors (Lipinski definition) is 4. The smallest absolute Gasteiger partial charge is 0.306 e. The number of hydrogen-bond donors (Lipinski definition) is 1. The van der Waals surface area contributed by atoms with Gasteiger partial charge in [-0.05, 0) is 44.7 Å². The zero-order valence-electron chi connectivity index (χ0n) is 11.3. The third kappa shape index (κ3) is 3.58. The summed E-state index contributed by atoms with van der Waals surface area (Å²) in [5.41, 5.74) is 0.965. The number of aryl methyl sites for hydroxylation is 1. The van der Waals surface area contributed by atoms with Gasteiger partial charge in [0.25, 0.3) is 10.1 Å². The normalized spacial score (nSPS) is 23.4. The van der Waals surface area contributed by atoms with Gasteiger partial charge >= 0.3 is 5.97 Å². The summed E-state index contributed by atoms with van der Waals surface area (Å²) in [5.74, 6) is -1.40. The molecule has 0 amide bonds. The van der Waals surface area contributed by atoms with Gasteiger partial charge in [0.05, 0.1) is 16.9 Å². The SMILES string of the molecule is Cc1ccc(S(=O)(=O)OC2CCCC(C(=O)O)C2)cc1. The quantitative estimate of drug-likeness (QED) is 0.863. The third-order valence-corrected chi connectivity index (χ3v) is 4.92. The van der Waals surface area contributed by atoms with Crippen LogP contribution in [0.15, 0.2) is 29.2 Å². The van der Waals surface area contributed by atoms with Crippen molar-refractivity contribution < 1.29 is 22.5 Å². The summed E-state index contributed by atoms with van der Waals surface area (Å²) >= 11 is 0. The van der Waals surface area contributed by atoms with Crippen LogP contribution in [-0.2, 0) is 19.1 Å². The molecule has 0 aromatic heterocycles. The number of carboxylic acids is 1. The predicted octanol–water partition coefficient (Wildman–Crippen LogP) is 2.34. The molecule has 0 bridgehead atoms. The molecule has 20 heavy (non-hydrogen) atoms. The van der Waals surface area contributed by atoms with Gasteiger partial charge in [0.2, 0.25) is 0 Å². The Balaban J connectivity index is 2.08. The molecule has 5 nitrogen and oxygen atoms in total. The molecule has 1 aliphatic rings. The Bertz CT molecular complexity index is 576. The van der Waals surface area contributed by atoms with Gasteiger partial charge in [-0.15, -0.1) is 0 Å². The monoisotopic (exact) mass is 298 g/mol. The average molecular weight is 298 g/mol. The summed E-state index contributed by atoms with van der Waals surface area (Å²) in [7, 11) is -3.82. The highest BCUT2D eigenvalue weighted by Gasteiger charge is 2.31. The van der Waals surface area contributed by atoms with Gasteiger partial charge in [-0.25, -0.2) is 0 Å². The number of carbonyl (C=O) groups is 1. The van der Waals surface area contributed by atoms with Crippen molar-refractivity contribution in [2.45, 2.75) is 43.6 Å². The minimum absolute atomic E-state index is 0.112. The van der Waals surface area contributed by atoms with Gasteiger partial charge in [-0.2, -0.15) is 8.42 Å². The van der Waals surface area contributed by atoms with Gasteiger partial charge in [0.15, 0.2) is 0 Å². The maximum Gasteiger partial charge on any atom is 0.306 e. The lowest BCUT2D eigenvalue weighted by Crippen LogP contribution is -2.29. The molecule has 1 aromatic rings. The standard InChI is InChI=1S/C14H18O5S/c1-10-5-7-13(8-6-10)20(17,18)19-12-4-2-3-11(9-12)14(15)16/h5-8,11-12H,2-4,9H2,1H3,(H,15,16). The van der Waals surface area contributed by atoms with E-state index in [9.17, 15) is 13.2 Å². The summed E-state index contributed by atoms with van der Waals surface area (Å²) in [6.45, 7) is 1.87. The Labute approximate surface area is 118 Å². The fourth-order valence-electron chi connectivity index (χ4n) is 2.40. The Kier molecular flexibility index (Phi) is 4.45. The molecule has 1 aliphatic carbocycles. The molecule has 6 heteroatoms. The third-order valence-electron chi connectivity index (χ3n) is 3.55. The molecule has 2 atom stereocenters. The minimum atomic E-state index is -3.82. The van der Waals surface area contributed by atoms with Crippen molar-refractivity contribution in [1.29, 1.82) is 0 Å². The molecular weight excluding hydrogens is 280 g/mol. The molecule has 1 fully saturated rings. The Morgan fingerprint density at radius 1 is 1.25 bits per heavy atom. The van der Waals surface area contributed by atoms with Crippen LogP contribution in [0, 0.1) is 12.8 Å². The Hall–Kier alpha value is -1.40. The van der Waals surface area contributed by atoms with Crippen LogP contribution in [0.25, 0.3) is 0 Å². The molecule has 1 aromatic carbocycles. The van der Waals surface area contributed by atoms with Crippen molar-refractivity contribution in [3.63, 3.8) is 0 Å². The van der Waals surface area contributed by atoms with E-state index in [1.165, 1.54) is 12.1 Å². The minimum Gasteiger partial charge on any atom is -0.481 e. The lowest BCUT2D eigenvalue weighted by Gasteiger charge is -2.26. The van der Waals surface area contributed by atoms with Crippen molar-refractivity contribution in [2.75, 3.05) is 0 Å². The molecule has 2 rings (SSSR count). The zero-order chi connectivity index (χ0) is 14.8. The van der Waals surface area contributed by atoms with Crippen LogP contribution in [0.3, 0.4) is 0 Å². The maximum atomic E-state index is 12.1. The van der Waals surface area contributed by atoms with E-state index in [-0.39, 0.29) is 11.3 Å². The molecule has 0 aliphatic heterocycles. The molecule has 0 radical (unpaired) electrons. The van der Waals surface area contributed by atoms with E-state index in [4.69, 9.17) is 9.29 Å². The van der Waals surface area contributed by atoms with E-state index < -0.39 is 28.1 Å². The fraction of sp³-hybridized carbons (Fsp3) is 0.500. The second-order valence-corrected chi connectivity index (χ2v) is 6.76. The number of aliphatic carboxylic acids is 1. The summed E-state index contributed by atoms with van der Waals surface area (Å²) < 4.78 is 29.4. The molecule has 0 saturated heterocycles. The van der Waals surface area contributed by atoms with E-state index >= 15 is 0 Å². The van der Waals surface area contributed by atoms with E-state index in [1.807, 2.05) is 6.92 Å². The van der Waals surface area contributed by atoms with E-state index in [2.05, 4.69) is 0 Å². The van der Waals surface area contributed by atoms with E-state index in [1.54, 1.807) is 12.1 Å². The topological polar surface area (TPSA) is 80.7 Å². The number of rotatable bonds is 4. The predicted molar refractivity (Wildman–Crippen MR) is 72.8 cm³/mol. The Morgan fingerprint density at radius 3 is 2.50 bits per heavy atom. The van der Waals surface area contributed by atoms with E-state index in [0.717, 1.165) is 5.56 Å². The first-order chi connectivity index (χ1) is 9.38. The van der Waals surface area contributed by atoms with Gasteiger partial charge in [-0.3, -0.25) is 8.98 Å². The first-order valence-corrected chi connectivity index (χ1v) is 8.02. The van der Waals surface area contributed by atoms with Gasteiger partial charge in [-0.1, -0.05) is 17.7 Å². The number of carboxylic acid groups (broad SMARTS) is 1.